The SMILES string of the molecule is O=c1ccc2ccc(NC3C(=NCO)OC(CO)[C@H](O)C3O)cc2o1. The predicted molar refractivity (Wildman–Crippen MR) is 88.4 cm³/mol. The van der Waals surface area contributed by atoms with Gasteiger partial charge in [-0.15, -0.1) is 0 Å². The van der Waals surface area contributed by atoms with Crippen LogP contribution < -0.4 is 10.9 Å². The van der Waals surface area contributed by atoms with Crippen molar-refractivity contribution in [3.8, 4) is 0 Å². The summed E-state index contributed by atoms with van der Waals surface area (Å²) >= 11 is 0. The summed E-state index contributed by atoms with van der Waals surface area (Å²) in [6, 6.07) is 6.94. The molecule has 0 aliphatic carbocycles. The van der Waals surface area contributed by atoms with Gasteiger partial charge < -0.3 is 34.9 Å². The molecule has 4 atom stereocenters. The largest absolute Gasteiger partial charge is 0.471 e. The van der Waals surface area contributed by atoms with Crippen LogP contribution in [0.25, 0.3) is 11.0 Å². The summed E-state index contributed by atoms with van der Waals surface area (Å²) in [5, 5.41) is 42.2. The molecule has 25 heavy (non-hydrogen) atoms. The number of rotatable bonds is 4. The number of anilines is 1. The summed E-state index contributed by atoms with van der Waals surface area (Å²) in [4.78, 5) is 15.1. The van der Waals surface area contributed by atoms with Gasteiger partial charge in [-0.3, -0.25) is 0 Å². The number of ether oxygens (including phenoxy) is 1. The van der Waals surface area contributed by atoms with Gasteiger partial charge in [0.15, 0.2) is 6.10 Å². The van der Waals surface area contributed by atoms with Gasteiger partial charge in [-0.25, -0.2) is 9.79 Å². The van der Waals surface area contributed by atoms with Gasteiger partial charge in [0, 0.05) is 23.2 Å². The maximum Gasteiger partial charge on any atom is 0.336 e. The maximum absolute atomic E-state index is 11.3. The van der Waals surface area contributed by atoms with E-state index in [0.717, 1.165) is 5.39 Å². The van der Waals surface area contributed by atoms with Crippen LogP contribution >= 0.6 is 0 Å². The summed E-state index contributed by atoms with van der Waals surface area (Å²) in [6.45, 7) is -1.10. The fourth-order valence-electron chi connectivity index (χ4n) is 2.69. The molecule has 1 aliphatic heterocycles. The van der Waals surface area contributed by atoms with Gasteiger partial charge in [0.05, 0.1) is 6.61 Å². The molecule has 0 amide bonds. The fraction of sp³-hybridized carbons (Fsp3) is 0.375. The zero-order valence-corrected chi connectivity index (χ0v) is 13.1. The van der Waals surface area contributed by atoms with Crippen molar-refractivity contribution in [1.82, 2.24) is 0 Å². The van der Waals surface area contributed by atoms with Gasteiger partial charge in [0.2, 0.25) is 5.90 Å². The van der Waals surface area contributed by atoms with E-state index in [1.807, 2.05) is 0 Å². The predicted octanol–water partition coefficient (Wildman–Crippen LogP) is -0.965. The Hall–Kier alpha value is -2.46. The molecule has 0 spiro atoms. The van der Waals surface area contributed by atoms with Gasteiger partial charge in [-0.1, -0.05) is 0 Å². The van der Waals surface area contributed by atoms with E-state index < -0.39 is 43.3 Å². The highest BCUT2D eigenvalue weighted by atomic mass is 16.5. The average molecular weight is 350 g/mol. The fourth-order valence-corrected chi connectivity index (χ4v) is 2.69. The third kappa shape index (κ3) is 3.49. The monoisotopic (exact) mass is 350 g/mol. The highest BCUT2D eigenvalue weighted by Crippen LogP contribution is 2.23. The molecule has 9 nitrogen and oxygen atoms in total. The van der Waals surface area contributed by atoms with Crippen molar-refractivity contribution in [2.24, 2.45) is 4.99 Å². The number of aliphatic hydroxyl groups is 4. The molecule has 0 bridgehead atoms. The van der Waals surface area contributed by atoms with Gasteiger partial charge in [-0.05, 0) is 18.2 Å². The maximum atomic E-state index is 11.3. The number of aliphatic imine (C=N–C) groups is 1. The Morgan fingerprint density at radius 1 is 1.12 bits per heavy atom. The third-order valence-corrected chi connectivity index (χ3v) is 3.96. The summed E-state index contributed by atoms with van der Waals surface area (Å²) in [7, 11) is 0. The van der Waals surface area contributed by atoms with Crippen molar-refractivity contribution in [3.05, 3.63) is 40.8 Å². The Morgan fingerprint density at radius 3 is 2.60 bits per heavy atom. The molecule has 134 valence electrons. The number of nitrogens with one attached hydrogen (secondary N) is 1. The van der Waals surface area contributed by atoms with E-state index in [-0.39, 0.29) is 5.90 Å². The Labute approximate surface area is 141 Å². The van der Waals surface area contributed by atoms with Crippen LogP contribution in [0.3, 0.4) is 0 Å². The van der Waals surface area contributed by atoms with Crippen molar-refractivity contribution in [1.29, 1.82) is 0 Å². The van der Waals surface area contributed by atoms with E-state index >= 15 is 0 Å². The van der Waals surface area contributed by atoms with Gasteiger partial charge in [0.25, 0.3) is 0 Å². The summed E-state index contributed by atoms with van der Waals surface area (Å²) in [5.41, 5.74) is 0.336. The quantitative estimate of drug-likeness (QED) is 0.443. The number of aliphatic hydroxyl groups excluding tert-OH is 4. The molecule has 1 aliphatic rings. The van der Waals surface area contributed by atoms with Gasteiger partial charge in [0.1, 0.15) is 30.6 Å². The molecule has 2 aromatic rings. The lowest BCUT2D eigenvalue weighted by molar-refractivity contribution is -0.0937. The molecule has 5 N–H and O–H groups in total. The van der Waals surface area contributed by atoms with Crippen molar-refractivity contribution in [2.45, 2.75) is 24.4 Å². The molecular weight excluding hydrogens is 332 g/mol. The standard InChI is InChI=1S/C16H18N2O7/c19-6-11-14(22)15(23)13(16(25-11)17-7-20)18-9-3-1-8-2-4-12(21)24-10(8)5-9/h1-5,11,13-15,18-20,22-23H,6-7H2/t11?,13?,14-,15?/m0/s1. The first-order chi connectivity index (χ1) is 12.0. The van der Waals surface area contributed by atoms with E-state index in [1.165, 1.54) is 6.07 Å². The van der Waals surface area contributed by atoms with Crippen LogP contribution in [0, 0.1) is 0 Å². The Bertz CT molecular complexity index is 835. The molecule has 9 heteroatoms. The Kier molecular flexibility index (Phi) is 5.00. The van der Waals surface area contributed by atoms with Crippen LogP contribution in [0.4, 0.5) is 5.69 Å². The molecule has 3 unspecified atom stereocenters. The van der Waals surface area contributed by atoms with E-state index in [9.17, 15) is 20.1 Å². The molecule has 1 aromatic heterocycles. The van der Waals surface area contributed by atoms with Crippen LogP contribution in [0.15, 0.2) is 44.5 Å². The van der Waals surface area contributed by atoms with Crippen molar-refractivity contribution < 1.29 is 29.6 Å². The highest BCUT2D eigenvalue weighted by Gasteiger charge is 2.43. The highest BCUT2D eigenvalue weighted by molar-refractivity contribution is 5.88. The molecule has 0 radical (unpaired) electrons. The van der Waals surface area contributed by atoms with Crippen molar-refractivity contribution in [3.63, 3.8) is 0 Å². The second-order valence-electron chi connectivity index (χ2n) is 5.59. The lowest BCUT2D eigenvalue weighted by Crippen LogP contribution is -2.59. The van der Waals surface area contributed by atoms with E-state index in [0.29, 0.717) is 11.3 Å². The molecule has 1 fully saturated rings. The van der Waals surface area contributed by atoms with Crippen LogP contribution in [-0.2, 0) is 4.74 Å². The molecule has 1 saturated heterocycles. The third-order valence-electron chi connectivity index (χ3n) is 3.96. The molecule has 1 aromatic carbocycles. The minimum atomic E-state index is -1.35. The smallest absolute Gasteiger partial charge is 0.336 e. The molecular formula is C16H18N2O7. The Balaban J connectivity index is 1.91. The van der Waals surface area contributed by atoms with Crippen LogP contribution in [0.5, 0.6) is 0 Å². The van der Waals surface area contributed by atoms with Crippen molar-refractivity contribution >= 4 is 22.6 Å². The lowest BCUT2D eigenvalue weighted by Gasteiger charge is -2.38. The number of fused-ring (bicyclic) bond motifs is 1. The zero-order valence-electron chi connectivity index (χ0n) is 13.1. The number of hydrogen-bond donors (Lipinski definition) is 5. The first-order valence-corrected chi connectivity index (χ1v) is 7.63. The lowest BCUT2D eigenvalue weighted by atomic mass is 9.97. The Morgan fingerprint density at radius 2 is 1.88 bits per heavy atom. The van der Waals surface area contributed by atoms with E-state index in [1.54, 1.807) is 24.3 Å². The van der Waals surface area contributed by atoms with Crippen LogP contribution in [0.2, 0.25) is 0 Å². The topological polar surface area (TPSA) is 145 Å². The average Bonchev–Trinajstić information content (AvgIpc) is 2.61. The van der Waals surface area contributed by atoms with E-state index in [4.69, 9.17) is 14.3 Å². The first-order valence-electron chi connectivity index (χ1n) is 7.63. The summed E-state index contributed by atoms with van der Waals surface area (Å²) < 4.78 is 10.5. The molecule has 3 rings (SSSR count). The second kappa shape index (κ2) is 7.19. The zero-order chi connectivity index (χ0) is 18.0. The number of benzene rings is 1. The van der Waals surface area contributed by atoms with Crippen LogP contribution in [-0.4, -0.2) is 64.0 Å². The summed E-state index contributed by atoms with van der Waals surface area (Å²) in [5.74, 6) is -0.0473. The summed E-state index contributed by atoms with van der Waals surface area (Å²) in [6.07, 6.45) is -3.74. The molecule has 0 saturated carbocycles. The minimum absolute atomic E-state index is 0.0473. The van der Waals surface area contributed by atoms with Gasteiger partial charge >= 0.3 is 5.63 Å². The number of nitrogens with zero attached hydrogens (tertiary/aromatic N) is 1. The first kappa shape index (κ1) is 17.4. The minimum Gasteiger partial charge on any atom is -0.471 e. The van der Waals surface area contributed by atoms with Crippen LogP contribution in [0.1, 0.15) is 0 Å². The number of hydrogen-bond acceptors (Lipinski definition) is 9. The van der Waals surface area contributed by atoms with Crippen molar-refractivity contribution in [2.75, 3.05) is 18.7 Å². The van der Waals surface area contributed by atoms with Gasteiger partial charge in [-0.2, -0.15) is 0 Å². The second-order valence-corrected chi connectivity index (χ2v) is 5.59. The normalized spacial score (nSPS) is 28.1. The molecule has 2 heterocycles. The van der Waals surface area contributed by atoms with E-state index in [2.05, 4.69) is 10.3 Å².